The van der Waals surface area contributed by atoms with Gasteiger partial charge in [-0.3, -0.25) is 19.5 Å². The first-order valence-corrected chi connectivity index (χ1v) is 9.77. The summed E-state index contributed by atoms with van der Waals surface area (Å²) in [4.78, 5) is 31.7. The van der Waals surface area contributed by atoms with Crippen LogP contribution >= 0.6 is 15.9 Å². The van der Waals surface area contributed by atoms with Crippen LogP contribution in [0.5, 0.6) is 0 Å². The minimum absolute atomic E-state index is 0.126. The van der Waals surface area contributed by atoms with E-state index in [1.807, 2.05) is 54.6 Å². The first-order valence-electron chi connectivity index (χ1n) is 8.98. The second-order valence-corrected chi connectivity index (χ2v) is 7.49. The van der Waals surface area contributed by atoms with Crippen LogP contribution in [-0.4, -0.2) is 16.8 Å². The Morgan fingerprint density at radius 2 is 1.89 bits per heavy atom. The molecule has 2 aromatic carbocycles. The van der Waals surface area contributed by atoms with Gasteiger partial charge >= 0.3 is 0 Å². The number of nitrogens with one attached hydrogen (secondary N) is 1. The lowest BCUT2D eigenvalue weighted by atomic mass is 10.1. The molecule has 0 saturated heterocycles. The molecular weight excluding hydrogens is 418 g/mol. The summed E-state index contributed by atoms with van der Waals surface area (Å²) in [5.74, 6) is -0.253. The van der Waals surface area contributed by atoms with Gasteiger partial charge in [-0.2, -0.15) is 0 Å². The number of fused-ring (bicyclic) bond motifs is 1. The Morgan fingerprint density at radius 1 is 1.07 bits per heavy atom. The Labute approximate surface area is 171 Å². The first kappa shape index (κ1) is 18.4. The highest BCUT2D eigenvalue weighted by Crippen LogP contribution is 2.38. The highest BCUT2D eigenvalue weighted by molar-refractivity contribution is 9.10. The van der Waals surface area contributed by atoms with Crippen molar-refractivity contribution < 1.29 is 9.59 Å². The molecule has 1 N–H and O–H groups in total. The van der Waals surface area contributed by atoms with E-state index in [4.69, 9.17) is 0 Å². The van der Waals surface area contributed by atoms with Crippen LogP contribution in [0.1, 0.15) is 34.1 Å². The van der Waals surface area contributed by atoms with Crippen molar-refractivity contribution in [3.8, 4) is 0 Å². The van der Waals surface area contributed by atoms with Gasteiger partial charge in [0.05, 0.1) is 23.7 Å². The van der Waals surface area contributed by atoms with Crippen molar-refractivity contribution in [3.05, 3.63) is 94.2 Å². The van der Waals surface area contributed by atoms with E-state index < -0.39 is 6.04 Å². The largest absolute Gasteiger partial charge is 0.352 e. The summed E-state index contributed by atoms with van der Waals surface area (Å²) in [6.07, 6.45) is 1.81. The van der Waals surface area contributed by atoms with Gasteiger partial charge in [0.15, 0.2) is 0 Å². The van der Waals surface area contributed by atoms with Gasteiger partial charge in [0.1, 0.15) is 0 Å². The number of para-hydroxylation sites is 1. The van der Waals surface area contributed by atoms with Crippen LogP contribution in [0, 0.1) is 0 Å². The predicted molar refractivity (Wildman–Crippen MR) is 111 cm³/mol. The standard InChI is InChI=1S/C22H18BrN3O2/c23-16-7-4-6-15(12-16)14-25-20(27)13-19-21-18(10-5-11-24-21)22(28)26(19)17-8-2-1-3-9-17/h1-12,19H,13-14H2,(H,25,27)/t19-/m1/s1. The van der Waals surface area contributed by atoms with Crippen molar-refractivity contribution in [1.82, 2.24) is 10.3 Å². The molecule has 1 aliphatic rings. The van der Waals surface area contributed by atoms with E-state index in [1.54, 1.807) is 23.2 Å². The number of carbonyl (C=O) groups is 2. The lowest BCUT2D eigenvalue weighted by Crippen LogP contribution is -2.32. The number of benzene rings is 2. The van der Waals surface area contributed by atoms with Gasteiger partial charge < -0.3 is 5.32 Å². The smallest absolute Gasteiger partial charge is 0.260 e. The maximum Gasteiger partial charge on any atom is 0.260 e. The first-order chi connectivity index (χ1) is 13.6. The van der Waals surface area contributed by atoms with Gasteiger partial charge in [0.2, 0.25) is 5.91 Å². The molecule has 1 atom stereocenters. The zero-order valence-electron chi connectivity index (χ0n) is 15.0. The molecular formula is C22H18BrN3O2. The normalized spacial score (nSPS) is 15.4. The van der Waals surface area contributed by atoms with E-state index in [9.17, 15) is 9.59 Å². The van der Waals surface area contributed by atoms with Gasteiger partial charge in [-0.1, -0.05) is 46.3 Å². The minimum atomic E-state index is -0.423. The lowest BCUT2D eigenvalue weighted by Gasteiger charge is -2.24. The molecule has 0 bridgehead atoms. The van der Waals surface area contributed by atoms with Crippen molar-refractivity contribution in [3.63, 3.8) is 0 Å². The van der Waals surface area contributed by atoms with E-state index in [2.05, 4.69) is 26.2 Å². The molecule has 0 saturated carbocycles. The molecule has 0 radical (unpaired) electrons. The van der Waals surface area contributed by atoms with Crippen LogP contribution in [0.3, 0.4) is 0 Å². The van der Waals surface area contributed by atoms with Crippen LogP contribution in [0.25, 0.3) is 0 Å². The number of carbonyl (C=O) groups excluding carboxylic acids is 2. The van der Waals surface area contributed by atoms with Crippen molar-refractivity contribution in [1.29, 1.82) is 0 Å². The fourth-order valence-electron chi connectivity index (χ4n) is 3.43. The fraction of sp³-hybridized carbons (Fsp3) is 0.136. The van der Waals surface area contributed by atoms with E-state index in [0.717, 1.165) is 15.7 Å². The van der Waals surface area contributed by atoms with Crippen LogP contribution in [0.15, 0.2) is 77.4 Å². The fourth-order valence-corrected chi connectivity index (χ4v) is 3.87. The van der Waals surface area contributed by atoms with Crippen LogP contribution < -0.4 is 10.2 Å². The second-order valence-electron chi connectivity index (χ2n) is 6.57. The number of hydrogen-bond acceptors (Lipinski definition) is 3. The molecule has 6 heteroatoms. The van der Waals surface area contributed by atoms with Crippen LogP contribution in [-0.2, 0) is 11.3 Å². The number of halogens is 1. The minimum Gasteiger partial charge on any atom is -0.352 e. The second kappa shape index (κ2) is 7.94. The highest BCUT2D eigenvalue weighted by atomic mass is 79.9. The Balaban J connectivity index is 1.55. The third kappa shape index (κ3) is 3.68. The Kier molecular flexibility index (Phi) is 5.21. The Bertz CT molecular complexity index is 1020. The van der Waals surface area contributed by atoms with Crippen LogP contribution in [0.2, 0.25) is 0 Å². The molecule has 1 aliphatic heterocycles. The van der Waals surface area contributed by atoms with E-state index in [-0.39, 0.29) is 18.2 Å². The van der Waals surface area contributed by atoms with E-state index >= 15 is 0 Å². The number of amides is 2. The third-order valence-electron chi connectivity index (χ3n) is 4.71. The summed E-state index contributed by atoms with van der Waals surface area (Å²) >= 11 is 3.43. The number of hydrogen-bond donors (Lipinski definition) is 1. The summed E-state index contributed by atoms with van der Waals surface area (Å²) in [6, 6.07) is 20.3. The summed E-state index contributed by atoms with van der Waals surface area (Å²) in [7, 11) is 0. The molecule has 2 amide bonds. The molecule has 5 nitrogen and oxygen atoms in total. The number of anilines is 1. The maximum atomic E-state index is 13.0. The average molecular weight is 436 g/mol. The molecule has 140 valence electrons. The molecule has 3 aromatic rings. The lowest BCUT2D eigenvalue weighted by molar-refractivity contribution is -0.121. The third-order valence-corrected chi connectivity index (χ3v) is 5.20. The van der Waals surface area contributed by atoms with Gasteiger partial charge in [0.25, 0.3) is 5.91 Å². The van der Waals surface area contributed by atoms with Gasteiger partial charge in [-0.05, 0) is 42.0 Å². The summed E-state index contributed by atoms with van der Waals surface area (Å²) in [5, 5.41) is 2.95. The Hall–Kier alpha value is -2.99. The average Bonchev–Trinajstić information content (AvgIpc) is 2.99. The van der Waals surface area contributed by atoms with Crippen molar-refractivity contribution >= 4 is 33.4 Å². The van der Waals surface area contributed by atoms with Crippen molar-refractivity contribution in [2.45, 2.75) is 19.0 Å². The number of rotatable bonds is 5. The van der Waals surface area contributed by atoms with Gasteiger partial charge in [0, 0.05) is 22.9 Å². The molecule has 0 fully saturated rings. The zero-order valence-corrected chi connectivity index (χ0v) is 16.6. The summed E-state index contributed by atoms with van der Waals surface area (Å²) in [5.41, 5.74) is 2.96. The van der Waals surface area contributed by atoms with Crippen molar-refractivity contribution in [2.75, 3.05) is 4.90 Å². The molecule has 1 aromatic heterocycles. The molecule has 0 spiro atoms. The number of pyridine rings is 1. The van der Waals surface area contributed by atoms with E-state index in [1.165, 1.54) is 0 Å². The molecule has 0 unspecified atom stereocenters. The predicted octanol–water partition coefficient (Wildman–Crippen LogP) is 4.25. The number of aromatic nitrogens is 1. The molecule has 2 heterocycles. The maximum absolute atomic E-state index is 13.0. The van der Waals surface area contributed by atoms with Crippen molar-refractivity contribution in [2.24, 2.45) is 0 Å². The molecule has 4 rings (SSSR count). The van der Waals surface area contributed by atoms with Gasteiger partial charge in [-0.25, -0.2) is 0 Å². The summed E-state index contributed by atoms with van der Waals surface area (Å²) in [6.45, 7) is 0.430. The SMILES string of the molecule is O=C(C[C@@H]1c2ncccc2C(=O)N1c1ccccc1)NCc1cccc(Br)c1. The highest BCUT2D eigenvalue weighted by Gasteiger charge is 2.39. The molecule has 0 aliphatic carbocycles. The topological polar surface area (TPSA) is 62.3 Å². The number of nitrogens with zero attached hydrogens (tertiary/aromatic N) is 2. The van der Waals surface area contributed by atoms with Crippen LogP contribution in [0.4, 0.5) is 5.69 Å². The quantitative estimate of drug-likeness (QED) is 0.651. The monoisotopic (exact) mass is 435 g/mol. The zero-order chi connectivity index (χ0) is 19.5. The summed E-state index contributed by atoms with van der Waals surface area (Å²) < 4.78 is 0.967. The van der Waals surface area contributed by atoms with Gasteiger partial charge in [-0.15, -0.1) is 0 Å². The van der Waals surface area contributed by atoms with E-state index in [0.29, 0.717) is 17.8 Å². The Morgan fingerprint density at radius 3 is 2.68 bits per heavy atom. The molecule has 28 heavy (non-hydrogen) atoms.